The summed E-state index contributed by atoms with van der Waals surface area (Å²) in [6, 6.07) is 1.08. The number of halogens is 3. The van der Waals surface area contributed by atoms with E-state index in [-0.39, 0.29) is 17.9 Å². The Morgan fingerprint density at radius 2 is 2.11 bits per heavy atom. The van der Waals surface area contributed by atoms with Crippen LogP contribution in [0.2, 0.25) is 0 Å². The molecule has 0 bridgehead atoms. The molecule has 1 rings (SSSR count). The van der Waals surface area contributed by atoms with Crippen molar-refractivity contribution in [3.63, 3.8) is 0 Å². The molecule has 2 N–H and O–H groups in total. The van der Waals surface area contributed by atoms with Crippen LogP contribution in [0.5, 0.6) is 5.75 Å². The molecule has 0 aliphatic rings. The molecule has 0 aliphatic carbocycles. The standard InChI is InChI=1S/C12H14F3NO3/c1-3-19-11(17)12(14,15)10(16)7-4-5-8(13)9(6-7)18-2/h4-6,10H,3,16H2,1-2H3/t10-/m0/s1. The van der Waals surface area contributed by atoms with Gasteiger partial charge in [0.1, 0.15) is 6.04 Å². The normalized spacial score (nSPS) is 12.9. The minimum atomic E-state index is -3.90. The summed E-state index contributed by atoms with van der Waals surface area (Å²) in [7, 11) is 1.19. The van der Waals surface area contributed by atoms with E-state index in [1.807, 2.05) is 0 Å². The number of hydrogen-bond acceptors (Lipinski definition) is 4. The molecule has 0 spiro atoms. The van der Waals surface area contributed by atoms with Crippen LogP contribution in [-0.4, -0.2) is 25.6 Å². The van der Waals surface area contributed by atoms with Crippen LogP contribution in [-0.2, 0) is 9.53 Å². The molecule has 1 atom stereocenters. The SMILES string of the molecule is CCOC(=O)C(F)(F)[C@@H](N)c1ccc(F)c(OC)c1. The van der Waals surface area contributed by atoms with Gasteiger partial charge in [0, 0.05) is 0 Å². The Balaban J connectivity index is 3.05. The van der Waals surface area contributed by atoms with Crippen molar-refractivity contribution in [1.82, 2.24) is 0 Å². The maximum absolute atomic E-state index is 13.7. The van der Waals surface area contributed by atoms with Crippen LogP contribution >= 0.6 is 0 Å². The van der Waals surface area contributed by atoms with Gasteiger partial charge in [-0.05, 0) is 24.6 Å². The van der Waals surface area contributed by atoms with Crippen molar-refractivity contribution in [1.29, 1.82) is 0 Å². The van der Waals surface area contributed by atoms with E-state index in [0.29, 0.717) is 0 Å². The molecule has 0 amide bonds. The summed E-state index contributed by atoms with van der Waals surface area (Å²) in [4.78, 5) is 11.1. The second kappa shape index (κ2) is 5.92. The fraction of sp³-hybridized carbons (Fsp3) is 0.417. The number of carbonyl (C=O) groups is 1. The van der Waals surface area contributed by atoms with Crippen molar-refractivity contribution in [2.45, 2.75) is 18.9 Å². The molecular formula is C12H14F3NO3. The summed E-state index contributed by atoms with van der Waals surface area (Å²) in [5.41, 5.74) is 5.22. The summed E-state index contributed by atoms with van der Waals surface area (Å²) < 4.78 is 49.5. The van der Waals surface area contributed by atoms with Gasteiger partial charge in [0.2, 0.25) is 0 Å². The van der Waals surface area contributed by atoms with Gasteiger partial charge in [-0.2, -0.15) is 8.78 Å². The Bertz CT molecular complexity index is 466. The number of esters is 1. The van der Waals surface area contributed by atoms with Gasteiger partial charge in [-0.3, -0.25) is 0 Å². The summed E-state index contributed by atoms with van der Waals surface area (Å²) in [5.74, 6) is -6.56. The molecule has 0 saturated heterocycles. The second-order valence-electron chi connectivity index (χ2n) is 3.72. The number of alkyl halides is 2. The van der Waals surface area contributed by atoms with Crippen molar-refractivity contribution in [2.75, 3.05) is 13.7 Å². The molecule has 106 valence electrons. The monoisotopic (exact) mass is 277 g/mol. The minimum Gasteiger partial charge on any atom is -0.494 e. The quantitative estimate of drug-likeness (QED) is 0.836. The maximum Gasteiger partial charge on any atom is 0.379 e. The molecule has 0 heterocycles. The number of methoxy groups -OCH3 is 1. The third-order valence-corrected chi connectivity index (χ3v) is 2.47. The first kappa shape index (κ1) is 15.3. The van der Waals surface area contributed by atoms with Crippen molar-refractivity contribution >= 4 is 5.97 Å². The molecule has 1 aromatic carbocycles. The number of ether oxygens (including phenoxy) is 2. The van der Waals surface area contributed by atoms with E-state index in [1.54, 1.807) is 0 Å². The van der Waals surface area contributed by atoms with E-state index in [4.69, 9.17) is 5.73 Å². The van der Waals surface area contributed by atoms with Crippen LogP contribution in [0.4, 0.5) is 13.2 Å². The third-order valence-electron chi connectivity index (χ3n) is 2.47. The van der Waals surface area contributed by atoms with Crippen LogP contribution in [0.15, 0.2) is 18.2 Å². The largest absolute Gasteiger partial charge is 0.494 e. The van der Waals surface area contributed by atoms with E-state index in [0.717, 1.165) is 18.2 Å². The van der Waals surface area contributed by atoms with Gasteiger partial charge in [0.15, 0.2) is 11.6 Å². The summed E-state index contributed by atoms with van der Waals surface area (Å²) in [6.45, 7) is 1.22. The highest BCUT2D eigenvalue weighted by Crippen LogP contribution is 2.32. The molecule has 0 fully saturated rings. The first-order valence-corrected chi connectivity index (χ1v) is 5.48. The molecule has 1 aromatic rings. The van der Waals surface area contributed by atoms with E-state index in [1.165, 1.54) is 14.0 Å². The molecule has 0 unspecified atom stereocenters. The Morgan fingerprint density at radius 3 is 2.63 bits per heavy atom. The van der Waals surface area contributed by atoms with Gasteiger partial charge in [0.25, 0.3) is 0 Å². The molecule has 4 nitrogen and oxygen atoms in total. The van der Waals surface area contributed by atoms with Crippen LogP contribution in [0, 0.1) is 5.82 Å². The number of rotatable bonds is 5. The zero-order valence-corrected chi connectivity index (χ0v) is 10.5. The molecule has 0 radical (unpaired) electrons. The smallest absolute Gasteiger partial charge is 0.379 e. The molecular weight excluding hydrogens is 263 g/mol. The Morgan fingerprint density at radius 1 is 1.47 bits per heavy atom. The number of carbonyl (C=O) groups excluding carboxylic acids is 1. The molecule has 19 heavy (non-hydrogen) atoms. The zero-order chi connectivity index (χ0) is 14.6. The average Bonchev–Trinajstić information content (AvgIpc) is 2.38. The maximum atomic E-state index is 13.7. The van der Waals surface area contributed by atoms with Crippen LogP contribution in [0.1, 0.15) is 18.5 Å². The Kier molecular flexibility index (Phi) is 4.77. The molecule has 0 aromatic heterocycles. The Hall–Kier alpha value is -1.76. The van der Waals surface area contributed by atoms with Gasteiger partial charge in [-0.1, -0.05) is 6.07 Å². The lowest BCUT2D eigenvalue weighted by Gasteiger charge is -2.22. The lowest BCUT2D eigenvalue weighted by Crippen LogP contribution is -2.41. The average molecular weight is 277 g/mol. The van der Waals surface area contributed by atoms with Crippen molar-refractivity contribution in [2.24, 2.45) is 5.73 Å². The van der Waals surface area contributed by atoms with E-state index in [2.05, 4.69) is 9.47 Å². The highest BCUT2D eigenvalue weighted by atomic mass is 19.3. The fourth-order valence-electron chi connectivity index (χ4n) is 1.43. The number of benzene rings is 1. The molecule has 0 aliphatic heterocycles. The van der Waals surface area contributed by atoms with Gasteiger partial charge in [-0.25, -0.2) is 9.18 Å². The van der Waals surface area contributed by atoms with Crippen LogP contribution in [0.3, 0.4) is 0 Å². The molecule has 0 saturated carbocycles. The van der Waals surface area contributed by atoms with E-state index >= 15 is 0 Å². The predicted octanol–water partition coefficient (Wildman–Crippen LogP) is 2.03. The van der Waals surface area contributed by atoms with Gasteiger partial charge < -0.3 is 15.2 Å². The van der Waals surface area contributed by atoms with Crippen molar-refractivity contribution in [3.05, 3.63) is 29.6 Å². The molecule has 7 heteroatoms. The van der Waals surface area contributed by atoms with Gasteiger partial charge in [-0.15, -0.1) is 0 Å². The van der Waals surface area contributed by atoms with E-state index in [9.17, 15) is 18.0 Å². The minimum absolute atomic E-state index is 0.128. The van der Waals surface area contributed by atoms with Gasteiger partial charge in [0.05, 0.1) is 13.7 Å². The van der Waals surface area contributed by atoms with Gasteiger partial charge >= 0.3 is 11.9 Å². The lowest BCUT2D eigenvalue weighted by atomic mass is 10.0. The number of nitrogens with two attached hydrogens (primary N) is 1. The van der Waals surface area contributed by atoms with Crippen molar-refractivity contribution in [3.8, 4) is 5.75 Å². The predicted molar refractivity (Wildman–Crippen MR) is 61.5 cm³/mol. The first-order chi connectivity index (χ1) is 8.84. The highest BCUT2D eigenvalue weighted by molar-refractivity contribution is 5.78. The van der Waals surface area contributed by atoms with Crippen LogP contribution in [0.25, 0.3) is 0 Å². The highest BCUT2D eigenvalue weighted by Gasteiger charge is 2.47. The van der Waals surface area contributed by atoms with E-state index < -0.39 is 23.8 Å². The summed E-state index contributed by atoms with van der Waals surface area (Å²) in [6.07, 6.45) is 0. The fourth-order valence-corrected chi connectivity index (χ4v) is 1.43. The Labute approximate surface area is 108 Å². The number of hydrogen-bond donors (Lipinski definition) is 1. The zero-order valence-electron chi connectivity index (χ0n) is 10.5. The lowest BCUT2D eigenvalue weighted by molar-refractivity contribution is -0.174. The summed E-state index contributed by atoms with van der Waals surface area (Å²) in [5, 5.41) is 0. The topological polar surface area (TPSA) is 61.5 Å². The third kappa shape index (κ3) is 3.17. The van der Waals surface area contributed by atoms with Crippen molar-refractivity contribution < 1.29 is 27.4 Å². The summed E-state index contributed by atoms with van der Waals surface area (Å²) >= 11 is 0. The van der Waals surface area contributed by atoms with Crippen LogP contribution < -0.4 is 10.5 Å². The first-order valence-electron chi connectivity index (χ1n) is 5.48. The second-order valence-corrected chi connectivity index (χ2v) is 3.72.